The number of amides is 1. The summed E-state index contributed by atoms with van der Waals surface area (Å²) in [5.74, 6) is -0.561. The molecule has 4 nitrogen and oxygen atoms in total. The first kappa shape index (κ1) is 14.8. The van der Waals surface area contributed by atoms with Gasteiger partial charge in [0.2, 0.25) is 0 Å². The van der Waals surface area contributed by atoms with Crippen LogP contribution < -0.4 is 5.32 Å². The van der Waals surface area contributed by atoms with Crippen LogP contribution >= 0.6 is 0 Å². The van der Waals surface area contributed by atoms with Crippen LogP contribution in [0.15, 0.2) is 72.9 Å². The number of rotatable bonds is 4. The van der Waals surface area contributed by atoms with E-state index in [9.17, 15) is 9.90 Å². The normalized spacial score (nSPS) is 10.3. The van der Waals surface area contributed by atoms with Crippen molar-refractivity contribution in [1.82, 2.24) is 4.98 Å². The Morgan fingerprint density at radius 3 is 2.48 bits per heavy atom. The van der Waals surface area contributed by atoms with Crippen molar-refractivity contribution in [3.05, 3.63) is 89.7 Å². The first-order valence-corrected chi connectivity index (χ1v) is 7.31. The van der Waals surface area contributed by atoms with Gasteiger partial charge in [-0.2, -0.15) is 0 Å². The molecule has 0 aliphatic heterocycles. The number of aromatic nitrogens is 1. The highest BCUT2D eigenvalue weighted by atomic mass is 16.3. The van der Waals surface area contributed by atoms with E-state index in [2.05, 4.69) is 10.3 Å². The van der Waals surface area contributed by atoms with Gasteiger partial charge in [0.25, 0.3) is 5.91 Å². The summed E-state index contributed by atoms with van der Waals surface area (Å²) in [6.45, 7) is 0. The minimum absolute atomic E-state index is 0.0158. The standard InChI is InChI=1S/C19H16N2O2/c22-17-11-6-12-20-18(17)19(23)21-16-10-5-4-9-15(16)13-14-7-2-1-3-8-14/h1-12,22H,13H2,(H,21,23). The number of carbonyl (C=O) groups is 1. The van der Waals surface area contributed by atoms with Gasteiger partial charge in [0.05, 0.1) is 0 Å². The van der Waals surface area contributed by atoms with Crippen molar-refractivity contribution in [3.63, 3.8) is 0 Å². The van der Waals surface area contributed by atoms with E-state index in [1.807, 2.05) is 54.6 Å². The number of nitrogens with zero attached hydrogens (tertiary/aromatic N) is 1. The molecular formula is C19H16N2O2. The lowest BCUT2D eigenvalue weighted by Gasteiger charge is -2.11. The van der Waals surface area contributed by atoms with Gasteiger partial charge in [0, 0.05) is 11.9 Å². The molecule has 0 fully saturated rings. The van der Waals surface area contributed by atoms with E-state index in [1.54, 1.807) is 6.07 Å². The van der Waals surface area contributed by atoms with E-state index in [0.29, 0.717) is 12.1 Å². The second-order valence-corrected chi connectivity index (χ2v) is 5.14. The zero-order valence-corrected chi connectivity index (χ0v) is 12.4. The molecule has 4 heteroatoms. The molecule has 3 aromatic rings. The van der Waals surface area contributed by atoms with E-state index in [0.717, 1.165) is 11.1 Å². The van der Waals surface area contributed by atoms with Crippen LogP contribution in [0.5, 0.6) is 5.75 Å². The Labute approximate surface area is 134 Å². The number of aromatic hydroxyl groups is 1. The topological polar surface area (TPSA) is 62.2 Å². The number of benzene rings is 2. The van der Waals surface area contributed by atoms with Crippen molar-refractivity contribution in [2.24, 2.45) is 0 Å². The molecule has 1 aromatic heterocycles. The fourth-order valence-corrected chi connectivity index (χ4v) is 2.37. The van der Waals surface area contributed by atoms with E-state index >= 15 is 0 Å². The monoisotopic (exact) mass is 304 g/mol. The summed E-state index contributed by atoms with van der Waals surface area (Å²) in [4.78, 5) is 16.2. The van der Waals surface area contributed by atoms with E-state index in [4.69, 9.17) is 0 Å². The summed E-state index contributed by atoms with van der Waals surface area (Å²) < 4.78 is 0. The van der Waals surface area contributed by atoms with Gasteiger partial charge in [-0.3, -0.25) is 4.79 Å². The van der Waals surface area contributed by atoms with E-state index in [1.165, 1.54) is 12.3 Å². The molecule has 0 unspecified atom stereocenters. The Hall–Kier alpha value is -3.14. The predicted octanol–water partition coefficient (Wildman–Crippen LogP) is 3.63. The molecule has 0 aliphatic rings. The van der Waals surface area contributed by atoms with Crippen molar-refractivity contribution in [3.8, 4) is 5.75 Å². The summed E-state index contributed by atoms with van der Waals surface area (Å²) in [7, 11) is 0. The molecule has 0 saturated carbocycles. The average molecular weight is 304 g/mol. The summed E-state index contributed by atoms with van der Waals surface area (Å²) in [6.07, 6.45) is 2.19. The molecule has 0 radical (unpaired) electrons. The highest BCUT2D eigenvalue weighted by molar-refractivity contribution is 6.05. The van der Waals surface area contributed by atoms with Crippen LogP contribution in [0, 0.1) is 0 Å². The maximum absolute atomic E-state index is 12.3. The fourth-order valence-electron chi connectivity index (χ4n) is 2.37. The molecule has 0 spiro atoms. The third-order valence-corrected chi connectivity index (χ3v) is 3.50. The summed E-state index contributed by atoms with van der Waals surface area (Å²) in [6, 6.07) is 20.7. The van der Waals surface area contributed by atoms with Crippen LogP contribution in [0.25, 0.3) is 0 Å². The SMILES string of the molecule is O=C(Nc1ccccc1Cc1ccccc1)c1ncccc1O. The molecule has 2 N–H and O–H groups in total. The van der Waals surface area contributed by atoms with Crippen LogP contribution in [-0.2, 0) is 6.42 Å². The molecule has 3 rings (SSSR count). The smallest absolute Gasteiger partial charge is 0.278 e. The minimum atomic E-state index is -0.427. The Kier molecular flexibility index (Phi) is 4.34. The Balaban J connectivity index is 1.84. The number of anilines is 1. The van der Waals surface area contributed by atoms with Crippen molar-refractivity contribution in [2.75, 3.05) is 5.32 Å². The van der Waals surface area contributed by atoms with Gasteiger partial charge >= 0.3 is 0 Å². The van der Waals surface area contributed by atoms with Crippen molar-refractivity contribution in [2.45, 2.75) is 6.42 Å². The van der Waals surface area contributed by atoms with Gasteiger partial charge in [-0.15, -0.1) is 0 Å². The van der Waals surface area contributed by atoms with Gasteiger partial charge in [-0.25, -0.2) is 4.98 Å². The molecule has 0 saturated heterocycles. The Morgan fingerprint density at radius 2 is 1.70 bits per heavy atom. The summed E-state index contributed by atoms with van der Waals surface area (Å²) in [5, 5.41) is 12.6. The van der Waals surface area contributed by atoms with Crippen molar-refractivity contribution in [1.29, 1.82) is 0 Å². The maximum Gasteiger partial charge on any atom is 0.278 e. The van der Waals surface area contributed by atoms with Crippen LogP contribution in [0.1, 0.15) is 21.6 Å². The number of nitrogens with one attached hydrogen (secondary N) is 1. The number of pyridine rings is 1. The highest BCUT2D eigenvalue weighted by Gasteiger charge is 2.14. The fraction of sp³-hybridized carbons (Fsp3) is 0.0526. The van der Waals surface area contributed by atoms with E-state index < -0.39 is 5.91 Å². The second-order valence-electron chi connectivity index (χ2n) is 5.14. The molecule has 114 valence electrons. The third kappa shape index (κ3) is 3.55. The van der Waals surface area contributed by atoms with Crippen LogP contribution in [0.4, 0.5) is 5.69 Å². The maximum atomic E-state index is 12.3. The lowest BCUT2D eigenvalue weighted by molar-refractivity contribution is 0.101. The number of carbonyl (C=O) groups excluding carboxylic acids is 1. The molecule has 0 bridgehead atoms. The van der Waals surface area contributed by atoms with Gasteiger partial charge in [-0.05, 0) is 35.7 Å². The number of hydrogen-bond acceptors (Lipinski definition) is 3. The van der Waals surface area contributed by atoms with Crippen molar-refractivity contribution < 1.29 is 9.90 Å². The van der Waals surface area contributed by atoms with Gasteiger partial charge in [-0.1, -0.05) is 48.5 Å². The van der Waals surface area contributed by atoms with Gasteiger partial charge in [0.15, 0.2) is 5.69 Å². The quantitative estimate of drug-likeness (QED) is 0.773. The lowest BCUT2D eigenvalue weighted by atomic mass is 10.0. The zero-order valence-electron chi connectivity index (χ0n) is 12.4. The zero-order chi connectivity index (χ0) is 16.1. The molecule has 1 heterocycles. The van der Waals surface area contributed by atoms with E-state index in [-0.39, 0.29) is 11.4 Å². The Bertz CT molecular complexity index is 816. The molecule has 0 atom stereocenters. The largest absolute Gasteiger partial charge is 0.505 e. The Morgan fingerprint density at radius 1 is 0.957 bits per heavy atom. The van der Waals surface area contributed by atoms with Crippen LogP contribution in [0.3, 0.4) is 0 Å². The van der Waals surface area contributed by atoms with Crippen LogP contribution in [0.2, 0.25) is 0 Å². The second kappa shape index (κ2) is 6.75. The van der Waals surface area contributed by atoms with Gasteiger partial charge in [0.1, 0.15) is 5.75 Å². The summed E-state index contributed by atoms with van der Waals surface area (Å²) in [5.41, 5.74) is 2.89. The minimum Gasteiger partial charge on any atom is -0.505 e. The number of para-hydroxylation sites is 1. The van der Waals surface area contributed by atoms with Gasteiger partial charge < -0.3 is 10.4 Å². The van der Waals surface area contributed by atoms with Crippen LogP contribution in [-0.4, -0.2) is 16.0 Å². The van der Waals surface area contributed by atoms with Crippen molar-refractivity contribution >= 4 is 11.6 Å². The lowest BCUT2D eigenvalue weighted by Crippen LogP contribution is -2.15. The number of hydrogen-bond donors (Lipinski definition) is 2. The first-order valence-electron chi connectivity index (χ1n) is 7.31. The molecule has 2 aromatic carbocycles. The third-order valence-electron chi connectivity index (χ3n) is 3.50. The first-order chi connectivity index (χ1) is 11.2. The molecular weight excluding hydrogens is 288 g/mol. The molecule has 0 aliphatic carbocycles. The highest BCUT2D eigenvalue weighted by Crippen LogP contribution is 2.21. The molecule has 1 amide bonds. The predicted molar refractivity (Wildman–Crippen MR) is 89.5 cm³/mol. The molecule has 23 heavy (non-hydrogen) atoms. The average Bonchev–Trinajstić information content (AvgIpc) is 2.58. The summed E-state index contributed by atoms with van der Waals surface area (Å²) >= 11 is 0.